The number of benzene rings is 2. The first-order chi connectivity index (χ1) is 12.5. The molecule has 0 radical (unpaired) electrons. The average Bonchev–Trinajstić information content (AvgIpc) is 2.67. The highest BCUT2D eigenvalue weighted by atomic mass is 14.9. The zero-order valence-corrected chi connectivity index (χ0v) is 15.3. The summed E-state index contributed by atoms with van der Waals surface area (Å²) in [4.78, 5) is 13.9. The van der Waals surface area contributed by atoms with Crippen molar-refractivity contribution in [3.05, 3.63) is 78.5 Å². The van der Waals surface area contributed by atoms with Gasteiger partial charge in [-0.25, -0.2) is 15.0 Å². The van der Waals surface area contributed by atoms with Crippen LogP contribution in [0.25, 0.3) is 33.7 Å². The van der Waals surface area contributed by atoms with Crippen LogP contribution < -0.4 is 0 Å². The maximum atomic E-state index is 4.79. The highest BCUT2D eigenvalue weighted by molar-refractivity contribution is 5.79. The first kappa shape index (κ1) is 16.4. The Balaban J connectivity index is 1.72. The molecule has 0 bridgehead atoms. The van der Waals surface area contributed by atoms with Gasteiger partial charge < -0.3 is 0 Å². The summed E-state index contributed by atoms with van der Waals surface area (Å²) in [6.07, 6.45) is 1.85. The van der Waals surface area contributed by atoms with Gasteiger partial charge in [-0.3, -0.25) is 0 Å². The lowest BCUT2D eigenvalue weighted by atomic mass is 9.86. The zero-order valence-electron chi connectivity index (χ0n) is 15.3. The van der Waals surface area contributed by atoms with Crippen molar-refractivity contribution >= 4 is 10.9 Å². The number of aromatic nitrogens is 3. The lowest BCUT2D eigenvalue weighted by Gasteiger charge is -2.19. The Hall–Kier alpha value is -3.07. The summed E-state index contributed by atoms with van der Waals surface area (Å²) >= 11 is 0. The Morgan fingerprint density at radius 1 is 0.692 bits per heavy atom. The van der Waals surface area contributed by atoms with Crippen molar-refractivity contribution in [3.63, 3.8) is 0 Å². The maximum absolute atomic E-state index is 4.79. The lowest BCUT2D eigenvalue weighted by Crippen LogP contribution is -2.10. The minimum absolute atomic E-state index is 0.146. The Morgan fingerprint density at radius 2 is 1.42 bits per heavy atom. The summed E-state index contributed by atoms with van der Waals surface area (Å²) in [5, 5.41) is 1.03. The minimum atomic E-state index is 0.146. The zero-order chi connectivity index (χ0) is 18.1. The number of hydrogen-bond donors (Lipinski definition) is 0. The number of para-hydroxylation sites is 1. The molecule has 4 aromatic rings. The predicted octanol–water partition coefficient (Wildman–Crippen LogP) is 5.66. The van der Waals surface area contributed by atoms with Crippen LogP contribution in [0.5, 0.6) is 0 Å². The third-order valence-electron chi connectivity index (χ3n) is 4.51. The standard InChI is InChI=1S/C23H21N3/c1-23(2,3)18-13-11-16(12-14-18)19-9-6-10-21(25-19)22-24-15-17-7-4-5-8-20(17)26-22/h4-15H,1-3H3. The number of hydrogen-bond acceptors (Lipinski definition) is 3. The second-order valence-corrected chi connectivity index (χ2v) is 7.49. The van der Waals surface area contributed by atoms with Gasteiger partial charge in [0.2, 0.25) is 0 Å². The van der Waals surface area contributed by atoms with Gasteiger partial charge in [-0.15, -0.1) is 0 Å². The van der Waals surface area contributed by atoms with Gasteiger partial charge in [0.25, 0.3) is 0 Å². The SMILES string of the molecule is CC(C)(C)c1ccc(-c2cccc(-c3ncc4ccccc4n3)n2)cc1. The van der Waals surface area contributed by atoms with Gasteiger partial charge in [-0.05, 0) is 29.2 Å². The van der Waals surface area contributed by atoms with E-state index in [1.807, 2.05) is 48.7 Å². The van der Waals surface area contributed by atoms with Crippen LogP contribution in [0.3, 0.4) is 0 Å². The van der Waals surface area contributed by atoms with Crippen LogP contribution >= 0.6 is 0 Å². The largest absolute Gasteiger partial charge is 0.244 e. The van der Waals surface area contributed by atoms with Crippen molar-refractivity contribution in [2.45, 2.75) is 26.2 Å². The van der Waals surface area contributed by atoms with Crippen LogP contribution in [-0.2, 0) is 5.41 Å². The molecule has 0 saturated heterocycles. The molecule has 0 amide bonds. The Kier molecular flexibility index (Phi) is 4.00. The summed E-state index contributed by atoms with van der Waals surface area (Å²) in [6, 6.07) is 22.6. The van der Waals surface area contributed by atoms with Gasteiger partial charge in [0.05, 0.1) is 11.2 Å². The van der Waals surface area contributed by atoms with Gasteiger partial charge in [0, 0.05) is 17.1 Å². The number of pyridine rings is 1. The van der Waals surface area contributed by atoms with Crippen molar-refractivity contribution in [3.8, 4) is 22.8 Å². The van der Waals surface area contributed by atoms with Gasteiger partial charge >= 0.3 is 0 Å². The van der Waals surface area contributed by atoms with E-state index in [1.165, 1.54) is 5.56 Å². The van der Waals surface area contributed by atoms with Gasteiger partial charge in [-0.1, -0.05) is 69.3 Å². The third-order valence-corrected chi connectivity index (χ3v) is 4.51. The molecule has 0 aliphatic carbocycles. The Morgan fingerprint density at radius 3 is 2.19 bits per heavy atom. The van der Waals surface area contributed by atoms with Crippen molar-refractivity contribution < 1.29 is 0 Å². The molecule has 0 aliphatic heterocycles. The van der Waals surface area contributed by atoms with E-state index in [4.69, 9.17) is 4.98 Å². The second kappa shape index (κ2) is 6.34. The van der Waals surface area contributed by atoms with E-state index in [-0.39, 0.29) is 5.41 Å². The van der Waals surface area contributed by atoms with Crippen LogP contribution in [0.2, 0.25) is 0 Å². The smallest absolute Gasteiger partial charge is 0.178 e. The third kappa shape index (κ3) is 3.21. The maximum Gasteiger partial charge on any atom is 0.178 e. The molecule has 3 nitrogen and oxygen atoms in total. The van der Waals surface area contributed by atoms with Crippen molar-refractivity contribution in [1.29, 1.82) is 0 Å². The molecule has 0 unspecified atom stereocenters. The van der Waals surface area contributed by atoms with Crippen LogP contribution in [0, 0.1) is 0 Å². The normalized spacial score (nSPS) is 11.7. The molecule has 0 spiro atoms. The van der Waals surface area contributed by atoms with E-state index < -0.39 is 0 Å². The predicted molar refractivity (Wildman–Crippen MR) is 107 cm³/mol. The fourth-order valence-corrected chi connectivity index (χ4v) is 2.96. The summed E-state index contributed by atoms with van der Waals surface area (Å²) in [6.45, 7) is 6.66. The fraction of sp³-hybridized carbons (Fsp3) is 0.174. The molecular formula is C23H21N3. The molecule has 2 aromatic heterocycles. The summed E-state index contributed by atoms with van der Waals surface area (Å²) in [7, 11) is 0. The molecule has 3 heteroatoms. The Labute approximate surface area is 153 Å². The highest BCUT2D eigenvalue weighted by Crippen LogP contribution is 2.26. The van der Waals surface area contributed by atoms with Crippen LogP contribution in [-0.4, -0.2) is 15.0 Å². The van der Waals surface area contributed by atoms with E-state index in [0.29, 0.717) is 5.82 Å². The highest BCUT2D eigenvalue weighted by Gasteiger charge is 2.13. The molecule has 4 rings (SSSR count). The lowest BCUT2D eigenvalue weighted by molar-refractivity contribution is 0.590. The molecule has 2 heterocycles. The van der Waals surface area contributed by atoms with E-state index >= 15 is 0 Å². The van der Waals surface area contributed by atoms with Crippen LogP contribution in [0.1, 0.15) is 26.3 Å². The molecule has 26 heavy (non-hydrogen) atoms. The number of rotatable bonds is 2. The Bertz CT molecular complexity index is 1060. The molecule has 128 valence electrons. The molecule has 0 N–H and O–H groups in total. The number of nitrogens with zero attached hydrogens (tertiary/aromatic N) is 3. The first-order valence-electron chi connectivity index (χ1n) is 8.81. The molecule has 0 saturated carbocycles. The van der Waals surface area contributed by atoms with Crippen molar-refractivity contribution in [2.24, 2.45) is 0 Å². The van der Waals surface area contributed by atoms with Gasteiger partial charge in [0.15, 0.2) is 5.82 Å². The van der Waals surface area contributed by atoms with Crippen LogP contribution in [0.15, 0.2) is 72.9 Å². The average molecular weight is 339 g/mol. The molecular weight excluding hydrogens is 318 g/mol. The quantitative estimate of drug-likeness (QED) is 0.473. The van der Waals surface area contributed by atoms with E-state index in [9.17, 15) is 0 Å². The van der Waals surface area contributed by atoms with E-state index in [0.717, 1.165) is 27.9 Å². The van der Waals surface area contributed by atoms with Gasteiger partial charge in [0.1, 0.15) is 5.69 Å². The van der Waals surface area contributed by atoms with Gasteiger partial charge in [-0.2, -0.15) is 0 Å². The summed E-state index contributed by atoms with van der Waals surface area (Å²) in [5.74, 6) is 0.650. The minimum Gasteiger partial charge on any atom is -0.244 e. The van der Waals surface area contributed by atoms with Crippen LogP contribution in [0.4, 0.5) is 0 Å². The monoisotopic (exact) mass is 339 g/mol. The second-order valence-electron chi connectivity index (χ2n) is 7.49. The molecule has 0 aliphatic rings. The summed E-state index contributed by atoms with van der Waals surface area (Å²) in [5.41, 5.74) is 5.20. The molecule has 0 fully saturated rings. The van der Waals surface area contributed by atoms with E-state index in [2.05, 4.69) is 55.0 Å². The fourth-order valence-electron chi connectivity index (χ4n) is 2.96. The summed E-state index contributed by atoms with van der Waals surface area (Å²) < 4.78 is 0. The first-order valence-corrected chi connectivity index (χ1v) is 8.81. The van der Waals surface area contributed by atoms with E-state index in [1.54, 1.807) is 0 Å². The molecule has 2 aromatic carbocycles. The number of fused-ring (bicyclic) bond motifs is 1. The molecule has 0 atom stereocenters. The topological polar surface area (TPSA) is 38.7 Å². The van der Waals surface area contributed by atoms with Crippen molar-refractivity contribution in [2.75, 3.05) is 0 Å². The van der Waals surface area contributed by atoms with Crippen molar-refractivity contribution in [1.82, 2.24) is 15.0 Å².